The number of hydrogen-bond acceptors (Lipinski definition) is 3. The van der Waals surface area contributed by atoms with Crippen LogP contribution in [0.2, 0.25) is 0 Å². The third-order valence-corrected chi connectivity index (χ3v) is 3.47. The summed E-state index contributed by atoms with van der Waals surface area (Å²) in [6.07, 6.45) is 3.46. The van der Waals surface area contributed by atoms with Crippen molar-refractivity contribution in [3.8, 4) is 6.07 Å². The molecule has 3 heteroatoms. The van der Waals surface area contributed by atoms with Crippen LogP contribution in [0, 0.1) is 11.3 Å². The van der Waals surface area contributed by atoms with E-state index in [1.54, 1.807) is 0 Å². The molecule has 1 aliphatic heterocycles. The first kappa shape index (κ1) is 12.9. The van der Waals surface area contributed by atoms with Crippen molar-refractivity contribution in [2.45, 2.75) is 26.2 Å². The first-order valence-electron chi connectivity index (χ1n) is 6.84. The summed E-state index contributed by atoms with van der Waals surface area (Å²) in [5, 5.41) is 12.7. The molecule has 0 atom stereocenters. The minimum absolute atomic E-state index is 0.825. The number of anilines is 1. The molecule has 3 nitrogen and oxygen atoms in total. The second-order valence-electron chi connectivity index (χ2n) is 4.77. The van der Waals surface area contributed by atoms with Crippen LogP contribution in [0.1, 0.15) is 30.9 Å². The minimum Gasteiger partial charge on any atom is -0.368 e. The molecule has 0 bridgehead atoms. The van der Waals surface area contributed by atoms with Gasteiger partial charge in [0.05, 0.1) is 11.3 Å². The van der Waals surface area contributed by atoms with E-state index in [0.717, 1.165) is 38.2 Å². The molecule has 0 saturated carbocycles. The van der Waals surface area contributed by atoms with Gasteiger partial charge >= 0.3 is 0 Å². The Morgan fingerprint density at radius 2 is 2.11 bits per heavy atom. The van der Waals surface area contributed by atoms with Crippen LogP contribution in [0.3, 0.4) is 0 Å². The van der Waals surface area contributed by atoms with Gasteiger partial charge in [-0.15, -0.1) is 0 Å². The molecule has 96 valence electrons. The van der Waals surface area contributed by atoms with E-state index >= 15 is 0 Å². The van der Waals surface area contributed by atoms with Gasteiger partial charge < -0.3 is 10.2 Å². The van der Waals surface area contributed by atoms with E-state index in [-0.39, 0.29) is 0 Å². The summed E-state index contributed by atoms with van der Waals surface area (Å²) in [6.45, 7) is 6.22. The van der Waals surface area contributed by atoms with E-state index < -0.39 is 0 Å². The van der Waals surface area contributed by atoms with Crippen molar-refractivity contribution in [1.82, 2.24) is 5.32 Å². The van der Waals surface area contributed by atoms with Gasteiger partial charge in [-0.05, 0) is 24.5 Å². The average molecular weight is 243 g/mol. The monoisotopic (exact) mass is 243 g/mol. The van der Waals surface area contributed by atoms with Gasteiger partial charge in [0.2, 0.25) is 0 Å². The lowest BCUT2D eigenvalue weighted by atomic mass is 10.0. The number of unbranched alkanes of at least 4 members (excludes halogenated alkanes) is 1. The maximum absolute atomic E-state index is 9.31. The molecule has 18 heavy (non-hydrogen) atoms. The van der Waals surface area contributed by atoms with E-state index in [2.05, 4.69) is 29.3 Å². The summed E-state index contributed by atoms with van der Waals surface area (Å²) < 4.78 is 0. The molecule has 0 spiro atoms. The van der Waals surface area contributed by atoms with E-state index in [1.807, 2.05) is 12.1 Å². The molecule has 1 aromatic carbocycles. The van der Waals surface area contributed by atoms with Crippen molar-refractivity contribution in [2.75, 3.05) is 31.1 Å². The number of nitriles is 1. The Morgan fingerprint density at radius 1 is 1.33 bits per heavy atom. The Morgan fingerprint density at radius 3 is 2.78 bits per heavy atom. The quantitative estimate of drug-likeness (QED) is 0.882. The number of rotatable bonds is 4. The Kier molecular flexibility index (Phi) is 4.60. The highest BCUT2D eigenvalue weighted by Crippen LogP contribution is 2.27. The normalized spacial score (nSPS) is 15.4. The summed E-state index contributed by atoms with van der Waals surface area (Å²) in [6, 6.07) is 8.47. The van der Waals surface area contributed by atoms with Gasteiger partial charge in [0.15, 0.2) is 0 Å². The zero-order chi connectivity index (χ0) is 12.8. The second kappa shape index (κ2) is 6.42. The molecule has 1 heterocycles. The maximum atomic E-state index is 9.31. The zero-order valence-electron chi connectivity index (χ0n) is 11.1. The van der Waals surface area contributed by atoms with Crippen LogP contribution in [0.25, 0.3) is 0 Å². The molecule has 1 aliphatic rings. The van der Waals surface area contributed by atoms with Gasteiger partial charge in [0.25, 0.3) is 0 Å². The lowest BCUT2D eigenvalue weighted by molar-refractivity contribution is 0.587. The van der Waals surface area contributed by atoms with Crippen LogP contribution in [0.15, 0.2) is 18.2 Å². The smallest absolute Gasteiger partial charge is 0.101 e. The predicted octanol–water partition coefficient (Wildman–Crippen LogP) is 2.31. The number of hydrogen-bond donors (Lipinski definition) is 1. The van der Waals surface area contributed by atoms with E-state index in [9.17, 15) is 5.26 Å². The van der Waals surface area contributed by atoms with Crippen molar-refractivity contribution in [3.05, 3.63) is 29.3 Å². The number of nitrogens with one attached hydrogen (secondary N) is 1. The third-order valence-electron chi connectivity index (χ3n) is 3.47. The molecule has 0 aromatic heterocycles. The Bertz CT molecular complexity index is 428. The molecular weight excluding hydrogens is 222 g/mol. The van der Waals surface area contributed by atoms with Crippen LogP contribution in [0.4, 0.5) is 5.69 Å². The Labute approximate surface area is 109 Å². The van der Waals surface area contributed by atoms with Crippen LogP contribution < -0.4 is 10.2 Å². The molecule has 0 amide bonds. The highest BCUT2D eigenvalue weighted by atomic mass is 15.2. The minimum atomic E-state index is 0.825. The van der Waals surface area contributed by atoms with Gasteiger partial charge in [-0.25, -0.2) is 0 Å². The van der Waals surface area contributed by atoms with E-state index in [4.69, 9.17) is 0 Å². The Balaban J connectivity index is 2.31. The molecule has 1 saturated heterocycles. The lowest BCUT2D eigenvalue weighted by Crippen LogP contribution is -2.44. The van der Waals surface area contributed by atoms with Gasteiger partial charge in [0, 0.05) is 26.2 Å². The largest absolute Gasteiger partial charge is 0.368 e. The molecule has 1 aromatic rings. The van der Waals surface area contributed by atoms with Gasteiger partial charge in [-0.1, -0.05) is 25.5 Å². The predicted molar refractivity (Wildman–Crippen MR) is 74.9 cm³/mol. The topological polar surface area (TPSA) is 39.1 Å². The molecule has 2 rings (SSSR count). The first-order chi connectivity index (χ1) is 8.86. The highest BCUT2D eigenvalue weighted by molar-refractivity contribution is 5.64. The number of benzene rings is 1. The summed E-state index contributed by atoms with van der Waals surface area (Å²) in [4.78, 5) is 2.36. The number of piperazine rings is 1. The standard InChI is InChI=1S/C15H21N3/c1-2-3-5-13-6-4-7-14(12-16)15(13)18-10-8-17-9-11-18/h4,6-7,17H,2-3,5,8-11H2,1H3. The second-order valence-corrected chi connectivity index (χ2v) is 4.77. The SMILES string of the molecule is CCCCc1cccc(C#N)c1N1CCNCC1. The van der Waals surface area contributed by atoms with Crippen molar-refractivity contribution in [1.29, 1.82) is 5.26 Å². The number of aryl methyl sites for hydroxylation is 1. The van der Waals surface area contributed by atoms with Gasteiger partial charge in [0.1, 0.15) is 6.07 Å². The van der Waals surface area contributed by atoms with Gasteiger partial charge in [-0.2, -0.15) is 5.26 Å². The van der Waals surface area contributed by atoms with Crippen LogP contribution in [0.5, 0.6) is 0 Å². The molecule has 0 aliphatic carbocycles. The van der Waals surface area contributed by atoms with Crippen molar-refractivity contribution < 1.29 is 0 Å². The fourth-order valence-electron chi connectivity index (χ4n) is 2.51. The fourth-order valence-corrected chi connectivity index (χ4v) is 2.51. The van der Waals surface area contributed by atoms with Crippen LogP contribution >= 0.6 is 0 Å². The molecule has 1 fully saturated rings. The lowest BCUT2D eigenvalue weighted by Gasteiger charge is -2.32. The zero-order valence-corrected chi connectivity index (χ0v) is 11.1. The van der Waals surface area contributed by atoms with Crippen LogP contribution in [-0.2, 0) is 6.42 Å². The maximum Gasteiger partial charge on any atom is 0.101 e. The molecule has 0 radical (unpaired) electrons. The average Bonchev–Trinajstić information content (AvgIpc) is 2.45. The first-order valence-corrected chi connectivity index (χ1v) is 6.84. The van der Waals surface area contributed by atoms with E-state index in [1.165, 1.54) is 24.1 Å². The molecular formula is C15H21N3. The highest BCUT2D eigenvalue weighted by Gasteiger charge is 2.17. The van der Waals surface area contributed by atoms with E-state index in [0.29, 0.717) is 0 Å². The van der Waals surface area contributed by atoms with Gasteiger partial charge in [-0.3, -0.25) is 0 Å². The third kappa shape index (κ3) is 2.83. The Hall–Kier alpha value is -1.53. The summed E-state index contributed by atoms with van der Waals surface area (Å²) >= 11 is 0. The molecule has 0 unspecified atom stereocenters. The number of para-hydroxylation sites is 1. The fraction of sp³-hybridized carbons (Fsp3) is 0.533. The number of nitrogens with zero attached hydrogens (tertiary/aromatic N) is 2. The van der Waals surface area contributed by atoms with Crippen LogP contribution in [-0.4, -0.2) is 26.2 Å². The summed E-state index contributed by atoms with van der Waals surface area (Å²) in [5.74, 6) is 0. The van der Waals surface area contributed by atoms with Crippen molar-refractivity contribution in [3.63, 3.8) is 0 Å². The summed E-state index contributed by atoms with van der Waals surface area (Å²) in [5.41, 5.74) is 3.33. The summed E-state index contributed by atoms with van der Waals surface area (Å²) in [7, 11) is 0. The molecule has 1 N–H and O–H groups in total. The van der Waals surface area contributed by atoms with Crippen molar-refractivity contribution in [2.24, 2.45) is 0 Å². The van der Waals surface area contributed by atoms with Crippen molar-refractivity contribution >= 4 is 5.69 Å².